The van der Waals surface area contributed by atoms with Crippen LogP contribution in [0.4, 0.5) is 5.13 Å². The number of nitrogens with zero attached hydrogens (tertiary/aromatic N) is 3. The van der Waals surface area contributed by atoms with Crippen LogP contribution in [0.3, 0.4) is 0 Å². The molecule has 164 valence electrons. The lowest BCUT2D eigenvalue weighted by Crippen LogP contribution is -2.36. The first kappa shape index (κ1) is 22.1. The molecule has 0 saturated carbocycles. The molecule has 8 heteroatoms. The smallest absolute Gasteiger partial charge is 0.207 e. The number of aliphatic hydroxyl groups is 1. The minimum atomic E-state index is -0.721. The number of anilines is 1. The van der Waals surface area contributed by atoms with E-state index in [-0.39, 0.29) is 12.7 Å². The Hall–Kier alpha value is -2.10. The Labute approximate surface area is 191 Å². The van der Waals surface area contributed by atoms with E-state index in [1.54, 1.807) is 4.68 Å². The van der Waals surface area contributed by atoms with Crippen LogP contribution in [-0.4, -0.2) is 53.9 Å². The molecule has 1 aliphatic heterocycles. The van der Waals surface area contributed by atoms with Gasteiger partial charge >= 0.3 is 0 Å². The first-order valence-electron chi connectivity index (χ1n) is 10.4. The lowest BCUT2D eigenvalue weighted by Gasteiger charge is -2.25. The van der Waals surface area contributed by atoms with E-state index < -0.39 is 6.10 Å². The van der Waals surface area contributed by atoms with Crippen LogP contribution in [0, 0.1) is 10.9 Å². The van der Waals surface area contributed by atoms with Crippen LogP contribution in [0.15, 0.2) is 54.6 Å². The summed E-state index contributed by atoms with van der Waals surface area (Å²) in [6, 6.07) is 18.3. The zero-order valence-corrected chi connectivity index (χ0v) is 19.1. The van der Waals surface area contributed by atoms with Gasteiger partial charge in [0.1, 0.15) is 6.10 Å². The average Bonchev–Trinajstić information content (AvgIpc) is 3.16. The number of aryl methyl sites for hydroxylation is 1. The molecule has 0 amide bonds. The summed E-state index contributed by atoms with van der Waals surface area (Å²) in [7, 11) is 0. The Morgan fingerprint density at radius 2 is 1.84 bits per heavy atom. The minimum Gasteiger partial charge on any atom is -0.389 e. The molecule has 0 aliphatic carbocycles. The molecule has 3 aromatic rings. The molecular formula is C23H27N3O3S2. The molecule has 2 atom stereocenters. The molecule has 1 saturated heterocycles. The van der Waals surface area contributed by atoms with E-state index in [4.69, 9.17) is 21.7 Å². The van der Waals surface area contributed by atoms with Crippen LogP contribution in [0.5, 0.6) is 0 Å². The van der Waals surface area contributed by atoms with Crippen molar-refractivity contribution in [3.63, 3.8) is 0 Å². The van der Waals surface area contributed by atoms with Crippen LogP contribution < -0.4 is 4.90 Å². The summed E-state index contributed by atoms with van der Waals surface area (Å²) in [6.45, 7) is 5.57. The Morgan fingerprint density at radius 3 is 2.58 bits per heavy atom. The molecule has 2 heterocycles. The molecular weight excluding hydrogens is 430 g/mol. The Kier molecular flexibility index (Phi) is 7.47. The number of rotatable bonds is 8. The maximum Gasteiger partial charge on any atom is 0.207 e. The molecule has 4 rings (SSSR count). The molecule has 1 fully saturated rings. The normalized spacial score (nSPS) is 16.3. The SMILES string of the molecule is Cc1ccccc1C(OCC(O)Cn1nc(N2CCOCC2)sc1=S)c1ccccc1. The van der Waals surface area contributed by atoms with Gasteiger partial charge in [-0.05, 0) is 35.8 Å². The van der Waals surface area contributed by atoms with Crippen molar-refractivity contribution in [2.24, 2.45) is 0 Å². The summed E-state index contributed by atoms with van der Waals surface area (Å²) in [6.07, 6.45) is -0.967. The van der Waals surface area contributed by atoms with Crippen molar-refractivity contribution in [2.45, 2.75) is 25.7 Å². The van der Waals surface area contributed by atoms with Gasteiger partial charge in [-0.3, -0.25) is 0 Å². The van der Waals surface area contributed by atoms with Crippen molar-refractivity contribution < 1.29 is 14.6 Å². The topological polar surface area (TPSA) is 59.8 Å². The zero-order valence-electron chi connectivity index (χ0n) is 17.5. The van der Waals surface area contributed by atoms with Gasteiger partial charge in [0, 0.05) is 13.1 Å². The largest absolute Gasteiger partial charge is 0.389 e. The molecule has 2 unspecified atom stereocenters. The Bertz CT molecular complexity index is 1030. The number of benzene rings is 2. The minimum absolute atomic E-state index is 0.181. The zero-order chi connectivity index (χ0) is 21.6. The van der Waals surface area contributed by atoms with E-state index in [0.717, 1.165) is 34.9 Å². The van der Waals surface area contributed by atoms with Gasteiger partial charge in [0.2, 0.25) is 5.13 Å². The third-order valence-electron chi connectivity index (χ3n) is 5.29. The third kappa shape index (κ3) is 5.58. The van der Waals surface area contributed by atoms with Gasteiger partial charge in [0.25, 0.3) is 0 Å². The summed E-state index contributed by atoms with van der Waals surface area (Å²) < 4.78 is 14.0. The molecule has 2 aromatic carbocycles. The molecule has 0 spiro atoms. The predicted molar refractivity (Wildman–Crippen MR) is 125 cm³/mol. The highest BCUT2D eigenvalue weighted by Gasteiger charge is 2.20. The summed E-state index contributed by atoms with van der Waals surface area (Å²) in [5.41, 5.74) is 3.31. The van der Waals surface area contributed by atoms with Gasteiger partial charge < -0.3 is 19.5 Å². The lowest BCUT2D eigenvalue weighted by molar-refractivity contribution is -0.00219. The maximum atomic E-state index is 10.7. The number of morpholine rings is 1. The third-order valence-corrected chi connectivity index (χ3v) is 6.66. The first-order valence-corrected chi connectivity index (χ1v) is 11.6. The quantitative estimate of drug-likeness (QED) is 0.516. The van der Waals surface area contributed by atoms with E-state index in [2.05, 4.69) is 41.2 Å². The highest BCUT2D eigenvalue weighted by Crippen LogP contribution is 2.28. The van der Waals surface area contributed by atoms with Gasteiger partial charge in [0.15, 0.2) is 3.95 Å². The van der Waals surface area contributed by atoms with Gasteiger partial charge in [0.05, 0.1) is 32.5 Å². The maximum absolute atomic E-state index is 10.7. The molecule has 1 aliphatic rings. The molecule has 31 heavy (non-hydrogen) atoms. The van der Waals surface area contributed by atoms with Gasteiger partial charge in [-0.2, -0.15) is 0 Å². The lowest BCUT2D eigenvalue weighted by atomic mass is 9.97. The van der Waals surface area contributed by atoms with Crippen molar-refractivity contribution in [2.75, 3.05) is 37.8 Å². The molecule has 6 nitrogen and oxygen atoms in total. The standard InChI is InChI=1S/C23H27N3O3S2/c1-17-7-5-6-10-20(17)21(18-8-3-2-4-9-18)29-16-19(27)15-26-23(30)31-22(24-26)25-11-13-28-14-12-25/h2-10,19,21,27H,11-16H2,1H3. The van der Waals surface area contributed by atoms with Crippen molar-refractivity contribution in [3.05, 3.63) is 75.2 Å². The fourth-order valence-electron chi connectivity index (χ4n) is 3.63. The van der Waals surface area contributed by atoms with Gasteiger partial charge in [-0.15, -0.1) is 5.10 Å². The highest BCUT2D eigenvalue weighted by atomic mass is 32.1. The fourth-order valence-corrected chi connectivity index (χ4v) is 4.79. The second-order valence-corrected chi connectivity index (χ2v) is 9.17. The van der Waals surface area contributed by atoms with E-state index >= 15 is 0 Å². The van der Waals surface area contributed by atoms with Crippen molar-refractivity contribution >= 4 is 28.7 Å². The molecule has 0 radical (unpaired) electrons. The van der Waals surface area contributed by atoms with Gasteiger partial charge in [-0.25, -0.2) is 4.68 Å². The number of hydrogen-bond donors (Lipinski definition) is 1. The second kappa shape index (κ2) is 10.5. The number of aromatic nitrogens is 2. The Morgan fingerprint density at radius 1 is 1.13 bits per heavy atom. The monoisotopic (exact) mass is 457 g/mol. The van der Waals surface area contributed by atoms with E-state index in [9.17, 15) is 5.11 Å². The van der Waals surface area contributed by atoms with Gasteiger partial charge in [-0.1, -0.05) is 65.9 Å². The first-order chi connectivity index (χ1) is 15.1. The number of aliphatic hydroxyl groups excluding tert-OH is 1. The Balaban J connectivity index is 1.44. The second-order valence-electron chi connectivity index (χ2n) is 7.57. The summed E-state index contributed by atoms with van der Waals surface area (Å²) in [4.78, 5) is 2.17. The van der Waals surface area contributed by atoms with Crippen LogP contribution in [0.1, 0.15) is 22.8 Å². The van der Waals surface area contributed by atoms with E-state index in [0.29, 0.717) is 23.7 Å². The van der Waals surface area contributed by atoms with E-state index in [1.165, 1.54) is 11.3 Å². The summed E-state index contributed by atoms with van der Waals surface area (Å²) in [5, 5.41) is 16.2. The van der Waals surface area contributed by atoms with Crippen molar-refractivity contribution in [3.8, 4) is 0 Å². The van der Waals surface area contributed by atoms with Crippen LogP contribution in [0.25, 0.3) is 0 Å². The van der Waals surface area contributed by atoms with Crippen LogP contribution >= 0.6 is 23.6 Å². The molecule has 1 N–H and O–H groups in total. The highest BCUT2D eigenvalue weighted by molar-refractivity contribution is 7.73. The summed E-state index contributed by atoms with van der Waals surface area (Å²) >= 11 is 6.94. The van der Waals surface area contributed by atoms with Crippen molar-refractivity contribution in [1.29, 1.82) is 0 Å². The number of hydrogen-bond acceptors (Lipinski definition) is 7. The van der Waals surface area contributed by atoms with Crippen LogP contribution in [-0.2, 0) is 16.0 Å². The van der Waals surface area contributed by atoms with E-state index in [1.807, 2.05) is 30.3 Å². The fraction of sp³-hybridized carbons (Fsp3) is 0.391. The number of ether oxygens (including phenoxy) is 2. The summed E-state index contributed by atoms with van der Waals surface area (Å²) in [5.74, 6) is 0. The molecule has 1 aromatic heterocycles. The van der Waals surface area contributed by atoms with Crippen molar-refractivity contribution in [1.82, 2.24) is 9.78 Å². The van der Waals surface area contributed by atoms with Crippen LogP contribution in [0.2, 0.25) is 0 Å². The molecule has 0 bridgehead atoms. The predicted octanol–water partition coefficient (Wildman–Crippen LogP) is 3.99. The average molecular weight is 458 g/mol.